The summed E-state index contributed by atoms with van der Waals surface area (Å²) >= 11 is 0. The minimum atomic E-state index is 0.248. The molecule has 0 saturated heterocycles. The topological polar surface area (TPSA) is 60.0 Å². The summed E-state index contributed by atoms with van der Waals surface area (Å²) in [5, 5.41) is 12.9. The Labute approximate surface area is 182 Å². The largest absolute Gasteiger partial charge is 0.508 e. The van der Waals surface area contributed by atoms with Gasteiger partial charge in [-0.05, 0) is 77.7 Å². The van der Waals surface area contributed by atoms with Crippen LogP contribution in [0, 0.1) is 0 Å². The van der Waals surface area contributed by atoms with Crippen molar-refractivity contribution < 1.29 is 19.3 Å². The van der Waals surface area contributed by atoms with E-state index in [0.29, 0.717) is 6.61 Å². The number of hydrogen-bond donors (Lipinski definition) is 2. The van der Waals surface area contributed by atoms with Crippen molar-refractivity contribution in [3.63, 3.8) is 0 Å². The quantitative estimate of drug-likeness (QED) is 0.395. The molecule has 0 bridgehead atoms. The second kappa shape index (κ2) is 9.58. The Morgan fingerprint density at radius 3 is 2.23 bits per heavy atom. The van der Waals surface area contributed by atoms with Crippen LogP contribution in [0.15, 0.2) is 66.7 Å². The molecule has 0 saturated carbocycles. The van der Waals surface area contributed by atoms with Gasteiger partial charge in [-0.15, -0.1) is 0 Å². The van der Waals surface area contributed by atoms with E-state index in [1.54, 1.807) is 12.1 Å². The lowest BCUT2D eigenvalue weighted by atomic mass is 9.88. The Hall–Kier alpha value is -3.44. The number of fused-ring (bicyclic) bond motifs is 1. The van der Waals surface area contributed by atoms with E-state index in [0.717, 1.165) is 52.5 Å². The summed E-state index contributed by atoms with van der Waals surface area (Å²) in [6.07, 6.45) is 0.830. The van der Waals surface area contributed by atoms with Crippen LogP contribution in [0.5, 0.6) is 23.0 Å². The predicted octanol–water partition coefficient (Wildman–Crippen LogP) is 5.09. The lowest BCUT2D eigenvalue weighted by Gasteiger charge is -2.17. The van der Waals surface area contributed by atoms with E-state index >= 15 is 0 Å². The number of allylic oxidation sites excluding steroid dienone is 1. The third-order valence-corrected chi connectivity index (χ3v) is 5.30. The van der Waals surface area contributed by atoms with Gasteiger partial charge in [0.05, 0.1) is 0 Å². The molecule has 0 radical (unpaired) electrons. The van der Waals surface area contributed by atoms with Crippen molar-refractivity contribution >= 4 is 11.1 Å². The second-order valence-corrected chi connectivity index (χ2v) is 7.30. The van der Waals surface area contributed by atoms with Crippen molar-refractivity contribution in [2.24, 2.45) is 0 Å². The summed E-state index contributed by atoms with van der Waals surface area (Å²) in [5.74, 6) is 2.62. The molecule has 4 rings (SSSR count). The maximum Gasteiger partial charge on any atom is 0.231 e. The molecule has 3 aromatic carbocycles. The molecular formula is C26H27NO4. The van der Waals surface area contributed by atoms with Crippen LogP contribution in [0.1, 0.15) is 30.0 Å². The zero-order valence-corrected chi connectivity index (χ0v) is 17.9. The summed E-state index contributed by atoms with van der Waals surface area (Å²) in [6.45, 7) is 3.82. The molecule has 160 valence electrons. The van der Waals surface area contributed by atoms with Crippen molar-refractivity contribution in [2.45, 2.75) is 13.3 Å². The van der Waals surface area contributed by atoms with Crippen LogP contribution in [0.3, 0.4) is 0 Å². The highest BCUT2D eigenvalue weighted by molar-refractivity contribution is 5.99. The van der Waals surface area contributed by atoms with E-state index in [4.69, 9.17) is 14.2 Å². The van der Waals surface area contributed by atoms with E-state index < -0.39 is 0 Å². The Morgan fingerprint density at radius 1 is 0.903 bits per heavy atom. The fourth-order valence-corrected chi connectivity index (χ4v) is 3.74. The molecule has 0 atom stereocenters. The average molecular weight is 418 g/mol. The minimum Gasteiger partial charge on any atom is -0.508 e. The van der Waals surface area contributed by atoms with Crippen LogP contribution in [-0.2, 0) is 0 Å². The van der Waals surface area contributed by atoms with Crippen molar-refractivity contribution in [2.75, 3.05) is 27.0 Å². The number of nitrogens with one attached hydrogen (secondary N) is 1. The maximum absolute atomic E-state index is 9.80. The first-order valence-electron chi connectivity index (χ1n) is 10.5. The van der Waals surface area contributed by atoms with Gasteiger partial charge in [-0.2, -0.15) is 0 Å². The van der Waals surface area contributed by atoms with Crippen LogP contribution >= 0.6 is 0 Å². The number of hydrogen-bond acceptors (Lipinski definition) is 5. The fourth-order valence-electron chi connectivity index (χ4n) is 3.74. The zero-order valence-electron chi connectivity index (χ0n) is 17.9. The van der Waals surface area contributed by atoms with Gasteiger partial charge in [-0.1, -0.05) is 37.3 Å². The Kier molecular flexibility index (Phi) is 6.43. The number of likely N-dealkylation sites (N-methyl/N-ethyl adjacent to an activating group) is 1. The molecule has 5 heteroatoms. The first-order valence-corrected chi connectivity index (χ1v) is 10.5. The van der Waals surface area contributed by atoms with Crippen LogP contribution in [0.2, 0.25) is 0 Å². The number of phenolic OH excluding ortho intramolecular Hbond substituents is 1. The second-order valence-electron chi connectivity index (χ2n) is 7.30. The van der Waals surface area contributed by atoms with Crippen molar-refractivity contribution in [3.05, 3.63) is 83.4 Å². The number of ether oxygens (including phenoxy) is 3. The lowest BCUT2D eigenvalue weighted by Crippen LogP contribution is -2.15. The summed E-state index contributed by atoms with van der Waals surface area (Å²) < 4.78 is 16.9. The SMILES string of the molecule is CCC(=C(c1ccc(O)cc1)c1ccc(OCCNC)cc1)c1ccc2c(c1)OCO2. The molecule has 3 aromatic rings. The van der Waals surface area contributed by atoms with E-state index in [2.05, 4.69) is 30.4 Å². The summed E-state index contributed by atoms with van der Waals surface area (Å²) in [6, 6.07) is 21.6. The molecular weight excluding hydrogens is 390 g/mol. The minimum absolute atomic E-state index is 0.248. The molecule has 0 unspecified atom stereocenters. The van der Waals surface area contributed by atoms with E-state index in [1.807, 2.05) is 43.4 Å². The van der Waals surface area contributed by atoms with E-state index in [1.165, 1.54) is 5.57 Å². The molecule has 0 aliphatic carbocycles. The van der Waals surface area contributed by atoms with Gasteiger partial charge >= 0.3 is 0 Å². The predicted molar refractivity (Wildman–Crippen MR) is 123 cm³/mol. The van der Waals surface area contributed by atoms with Crippen LogP contribution in [-0.4, -0.2) is 32.1 Å². The summed E-state index contributed by atoms with van der Waals surface area (Å²) in [4.78, 5) is 0. The number of aromatic hydroxyl groups is 1. The summed E-state index contributed by atoms with van der Waals surface area (Å²) in [5.41, 5.74) is 5.51. The van der Waals surface area contributed by atoms with E-state index in [-0.39, 0.29) is 12.5 Å². The van der Waals surface area contributed by atoms with Crippen LogP contribution in [0.4, 0.5) is 0 Å². The van der Waals surface area contributed by atoms with Gasteiger partial charge in [-0.25, -0.2) is 0 Å². The Morgan fingerprint density at radius 2 is 1.55 bits per heavy atom. The molecule has 5 nitrogen and oxygen atoms in total. The number of benzene rings is 3. The van der Waals surface area contributed by atoms with Gasteiger partial charge in [0.25, 0.3) is 0 Å². The monoisotopic (exact) mass is 417 g/mol. The molecule has 2 N–H and O–H groups in total. The zero-order chi connectivity index (χ0) is 21.6. The average Bonchev–Trinajstić information content (AvgIpc) is 3.27. The van der Waals surface area contributed by atoms with Crippen LogP contribution < -0.4 is 19.5 Å². The van der Waals surface area contributed by atoms with Gasteiger partial charge < -0.3 is 24.6 Å². The molecule has 0 aromatic heterocycles. The Bertz CT molecular complexity index is 1060. The standard InChI is InChI=1S/C26H27NO4/c1-3-23(20-8-13-24-25(16-20)31-17-30-24)26(18-4-9-21(28)10-5-18)19-6-11-22(12-7-19)29-15-14-27-2/h4-13,16,27-28H,3,14-15,17H2,1-2H3. The highest BCUT2D eigenvalue weighted by atomic mass is 16.7. The third-order valence-electron chi connectivity index (χ3n) is 5.30. The maximum atomic E-state index is 9.80. The van der Waals surface area contributed by atoms with Gasteiger partial charge in [0.15, 0.2) is 11.5 Å². The molecule has 1 aliphatic heterocycles. The highest BCUT2D eigenvalue weighted by Gasteiger charge is 2.18. The smallest absolute Gasteiger partial charge is 0.231 e. The van der Waals surface area contributed by atoms with Crippen LogP contribution in [0.25, 0.3) is 11.1 Å². The molecule has 31 heavy (non-hydrogen) atoms. The normalized spacial score (nSPS) is 13.1. The molecule has 0 spiro atoms. The van der Waals surface area contributed by atoms with Gasteiger partial charge in [0.2, 0.25) is 6.79 Å². The third kappa shape index (κ3) is 4.67. The van der Waals surface area contributed by atoms with Gasteiger partial charge in [-0.3, -0.25) is 0 Å². The van der Waals surface area contributed by atoms with Crippen molar-refractivity contribution in [1.29, 1.82) is 0 Å². The van der Waals surface area contributed by atoms with Gasteiger partial charge in [0.1, 0.15) is 18.1 Å². The fraction of sp³-hybridized carbons (Fsp3) is 0.231. The van der Waals surface area contributed by atoms with Crippen molar-refractivity contribution in [3.8, 4) is 23.0 Å². The molecule has 1 heterocycles. The van der Waals surface area contributed by atoms with E-state index in [9.17, 15) is 5.11 Å². The van der Waals surface area contributed by atoms with Gasteiger partial charge in [0, 0.05) is 6.54 Å². The first-order chi connectivity index (χ1) is 15.2. The summed E-state index contributed by atoms with van der Waals surface area (Å²) in [7, 11) is 1.91. The number of phenols is 1. The van der Waals surface area contributed by atoms with Crippen molar-refractivity contribution in [1.82, 2.24) is 5.32 Å². The molecule has 0 fully saturated rings. The highest BCUT2D eigenvalue weighted by Crippen LogP contribution is 2.40. The Balaban J connectivity index is 1.79. The molecule has 0 amide bonds. The lowest BCUT2D eigenvalue weighted by molar-refractivity contribution is 0.174. The first kappa shape index (κ1) is 20.8. The molecule has 1 aliphatic rings. The number of rotatable bonds is 8.